The number of amides is 1. The van der Waals surface area contributed by atoms with Crippen LogP contribution >= 0.6 is 11.8 Å². The van der Waals surface area contributed by atoms with Crippen LogP contribution in [0.3, 0.4) is 0 Å². The Hall–Kier alpha value is -1.34. The van der Waals surface area contributed by atoms with Crippen LogP contribution < -0.4 is 10.2 Å². The number of aliphatic imine (C=N–C) groups is 1. The molecule has 2 heterocycles. The van der Waals surface area contributed by atoms with Crippen LogP contribution in [0.2, 0.25) is 0 Å². The average molecular weight is 392 g/mol. The number of hydrogen-bond acceptors (Lipinski definition) is 5. The molecule has 2 aliphatic heterocycles. The van der Waals surface area contributed by atoms with Gasteiger partial charge in [0.05, 0.1) is 6.04 Å². The monoisotopic (exact) mass is 391 g/mol. The van der Waals surface area contributed by atoms with Gasteiger partial charge in [-0.1, -0.05) is 49.2 Å². The Morgan fingerprint density at radius 3 is 2.69 bits per heavy atom. The number of anilines is 1. The number of thioether (sulfide) groups is 1. The Balaban J connectivity index is 1.48. The highest BCUT2D eigenvalue weighted by molar-refractivity contribution is 8.15. The van der Waals surface area contributed by atoms with Crippen LogP contribution in [0.25, 0.3) is 0 Å². The predicted octanol–water partition coefficient (Wildman–Crippen LogP) is 2.54. The topological polar surface area (TPSA) is 61.8 Å². The molecule has 140 valence electrons. The molecule has 1 saturated heterocycles. The number of benzene rings is 1. The van der Waals surface area contributed by atoms with E-state index in [-0.39, 0.29) is 18.5 Å². The molecule has 3 unspecified atom stereocenters. The highest BCUT2D eigenvalue weighted by atomic mass is 32.2. The van der Waals surface area contributed by atoms with Crippen LogP contribution in [0.4, 0.5) is 5.69 Å². The lowest BCUT2D eigenvalue weighted by Gasteiger charge is -2.27. The summed E-state index contributed by atoms with van der Waals surface area (Å²) in [5.74, 6) is 1.42. The van der Waals surface area contributed by atoms with E-state index in [9.17, 15) is 9.00 Å². The van der Waals surface area contributed by atoms with E-state index in [4.69, 9.17) is 4.99 Å². The van der Waals surface area contributed by atoms with Gasteiger partial charge < -0.3 is 10.2 Å². The molecule has 1 amide bonds. The van der Waals surface area contributed by atoms with Gasteiger partial charge in [-0.05, 0) is 25.0 Å². The largest absolute Gasteiger partial charge is 0.352 e. The van der Waals surface area contributed by atoms with Gasteiger partial charge >= 0.3 is 0 Å². The van der Waals surface area contributed by atoms with Crippen LogP contribution in [-0.4, -0.2) is 50.7 Å². The Morgan fingerprint density at radius 2 is 1.96 bits per heavy atom. The van der Waals surface area contributed by atoms with E-state index in [1.54, 1.807) is 11.8 Å². The summed E-state index contributed by atoms with van der Waals surface area (Å²) >= 11 is 1.68. The van der Waals surface area contributed by atoms with Crippen LogP contribution in [0.15, 0.2) is 35.3 Å². The van der Waals surface area contributed by atoms with Crippen molar-refractivity contribution in [1.82, 2.24) is 5.32 Å². The summed E-state index contributed by atoms with van der Waals surface area (Å²) in [5.41, 5.74) is 0.985. The lowest BCUT2D eigenvalue weighted by atomic mass is 9.95. The van der Waals surface area contributed by atoms with E-state index in [1.807, 2.05) is 35.2 Å². The van der Waals surface area contributed by atoms with Gasteiger partial charge in [-0.15, -0.1) is 0 Å². The molecule has 1 saturated carbocycles. The number of para-hydroxylation sites is 1. The zero-order valence-corrected chi connectivity index (χ0v) is 16.4. The molecule has 1 aliphatic carbocycles. The third kappa shape index (κ3) is 4.14. The lowest BCUT2D eigenvalue weighted by Crippen LogP contribution is -2.44. The molecule has 1 aromatic carbocycles. The molecule has 1 N–H and O–H groups in total. The minimum Gasteiger partial charge on any atom is -0.352 e. The molecule has 1 aromatic rings. The van der Waals surface area contributed by atoms with Crippen molar-refractivity contribution in [3.8, 4) is 0 Å². The second-order valence-corrected chi connectivity index (χ2v) is 9.99. The summed E-state index contributed by atoms with van der Waals surface area (Å²) in [7, 11) is -0.746. The van der Waals surface area contributed by atoms with Crippen molar-refractivity contribution in [2.75, 3.05) is 23.0 Å². The molecule has 26 heavy (non-hydrogen) atoms. The molecule has 3 atom stereocenters. The summed E-state index contributed by atoms with van der Waals surface area (Å²) in [5, 5.41) is 4.39. The number of carbonyl (C=O) groups is 1. The summed E-state index contributed by atoms with van der Waals surface area (Å²) in [4.78, 5) is 19.5. The van der Waals surface area contributed by atoms with Crippen molar-refractivity contribution in [1.29, 1.82) is 0 Å². The van der Waals surface area contributed by atoms with E-state index < -0.39 is 10.8 Å². The van der Waals surface area contributed by atoms with Gasteiger partial charge in [0.1, 0.15) is 6.54 Å². The van der Waals surface area contributed by atoms with Crippen molar-refractivity contribution in [2.45, 2.75) is 49.4 Å². The van der Waals surface area contributed by atoms with Gasteiger partial charge in [-0.2, -0.15) is 0 Å². The van der Waals surface area contributed by atoms with E-state index in [0.717, 1.165) is 23.7 Å². The SMILES string of the molecule is O=C(CN(C1=NC2CS(=O)CC2S1)c1ccccc1)NC1CCCCC1. The number of amidine groups is 1. The molecule has 3 aliphatic rings. The fourth-order valence-corrected chi connectivity index (χ4v) is 7.22. The second kappa shape index (κ2) is 8.13. The summed E-state index contributed by atoms with van der Waals surface area (Å²) in [6.45, 7) is 0.287. The number of hydrogen-bond donors (Lipinski definition) is 1. The van der Waals surface area contributed by atoms with Crippen LogP contribution in [0.1, 0.15) is 32.1 Å². The maximum absolute atomic E-state index is 12.7. The van der Waals surface area contributed by atoms with E-state index in [0.29, 0.717) is 22.8 Å². The summed E-state index contributed by atoms with van der Waals surface area (Å²) < 4.78 is 11.8. The zero-order valence-electron chi connectivity index (χ0n) is 14.8. The van der Waals surface area contributed by atoms with Gasteiger partial charge in [0.15, 0.2) is 5.17 Å². The maximum Gasteiger partial charge on any atom is 0.240 e. The van der Waals surface area contributed by atoms with Crippen molar-refractivity contribution < 1.29 is 9.00 Å². The molecule has 0 bridgehead atoms. The fourth-order valence-electron chi connectivity index (χ4n) is 3.88. The standard InChI is InChI=1S/C19H25N3O2S2/c23-18(20-14-7-3-1-4-8-14)11-22(15-9-5-2-6-10-15)19-21-16-12-26(24)13-17(16)25-19/h2,5-6,9-10,14,16-17H,1,3-4,7-8,11-13H2,(H,20,23). The molecule has 0 spiro atoms. The van der Waals surface area contributed by atoms with Crippen molar-refractivity contribution in [3.63, 3.8) is 0 Å². The molecule has 4 rings (SSSR count). The summed E-state index contributed by atoms with van der Waals surface area (Å²) in [6, 6.07) is 10.4. The Labute approximate surface area is 161 Å². The lowest BCUT2D eigenvalue weighted by molar-refractivity contribution is -0.120. The van der Waals surface area contributed by atoms with Gasteiger partial charge in [0.25, 0.3) is 0 Å². The van der Waals surface area contributed by atoms with Crippen LogP contribution in [-0.2, 0) is 15.6 Å². The smallest absolute Gasteiger partial charge is 0.240 e. The average Bonchev–Trinajstić information content (AvgIpc) is 3.18. The zero-order chi connectivity index (χ0) is 17.9. The number of nitrogens with one attached hydrogen (secondary N) is 1. The quantitative estimate of drug-likeness (QED) is 0.857. The van der Waals surface area contributed by atoms with Gasteiger partial charge in [0, 0.05) is 39.3 Å². The Morgan fingerprint density at radius 1 is 1.19 bits per heavy atom. The van der Waals surface area contributed by atoms with Gasteiger partial charge in [-0.25, -0.2) is 0 Å². The first-order valence-corrected chi connectivity index (χ1v) is 11.8. The first-order valence-electron chi connectivity index (χ1n) is 9.40. The van der Waals surface area contributed by atoms with Crippen LogP contribution in [0.5, 0.6) is 0 Å². The maximum atomic E-state index is 12.7. The van der Waals surface area contributed by atoms with Crippen molar-refractivity contribution in [2.24, 2.45) is 4.99 Å². The summed E-state index contributed by atoms with van der Waals surface area (Å²) in [6.07, 6.45) is 5.86. The number of nitrogens with zero attached hydrogens (tertiary/aromatic N) is 2. The van der Waals surface area contributed by atoms with Crippen molar-refractivity contribution >= 4 is 39.3 Å². The Bertz CT molecular complexity index is 704. The third-order valence-electron chi connectivity index (χ3n) is 5.24. The minimum atomic E-state index is -0.746. The molecular weight excluding hydrogens is 366 g/mol. The van der Waals surface area contributed by atoms with E-state index in [1.165, 1.54) is 19.3 Å². The van der Waals surface area contributed by atoms with Crippen molar-refractivity contribution in [3.05, 3.63) is 30.3 Å². The Kier molecular flexibility index (Phi) is 5.64. The highest BCUT2D eigenvalue weighted by Crippen LogP contribution is 2.35. The van der Waals surface area contributed by atoms with E-state index in [2.05, 4.69) is 5.32 Å². The number of rotatable bonds is 4. The molecule has 0 aromatic heterocycles. The first kappa shape index (κ1) is 18.0. The number of fused-ring (bicyclic) bond motifs is 1. The molecule has 7 heteroatoms. The third-order valence-corrected chi connectivity index (χ3v) is 8.22. The van der Waals surface area contributed by atoms with Gasteiger partial charge in [-0.3, -0.25) is 14.0 Å². The highest BCUT2D eigenvalue weighted by Gasteiger charge is 2.40. The normalized spacial score (nSPS) is 28.5. The molecule has 5 nitrogen and oxygen atoms in total. The number of carbonyl (C=O) groups excluding carboxylic acids is 1. The molecule has 2 fully saturated rings. The minimum absolute atomic E-state index is 0.0599. The van der Waals surface area contributed by atoms with E-state index >= 15 is 0 Å². The fraction of sp³-hybridized carbons (Fsp3) is 0.579. The van der Waals surface area contributed by atoms with Gasteiger partial charge in [0.2, 0.25) is 5.91 Å². The van der Waals surface area contributed by atoms with Crippen LogP contribution in [0, 0.1) is 0 Å². The first-order chi connectivity index (χ1) is 12.7. The molecular formula is C19H25N3O2S2. The second-order valence-electron chi connectivity index (χ2n) is 7.23. The molecule has 0 radical (unpaired) electrons. The predicted molar refractivity (Wildman–Crippen MR) is 109 cm³/mol.